The molecule has 112 valence electrons. The van der Waals surface area contributed by atoms with Gasteiger partial charge in [0.2, 0.25) is 10.0 Å². The van der Waals surface area contributed by atoms with E-state index in [4.69, 9.17) is 4.74 Å². The number of sulfonamides is 1. The molecule has 1 aromatic carbocycles. The second kappa shape index (κ2) is 6.41. The van der Waals surface area contributed by atoms with Crippen LogP contribution in [0.15, 0.2) is 18.2 Å². The van der Waals surface area contributed by atoms with Crippen LogP contribution in [0.5, 0.6) is 5.75 Å². The summed E-state index contributed by atoms with van der Waals surface area (Å²) >= 11 is 0. The molecule has 0 saturated heterocycles. The first-order valence-corrected chi connectivity index (χ1v) is 8.23. The van der Waals surface area contributed by atoms with Crippen molar-refractivity contribution in [2.75, 3.05) is 24.1 Å². The van der Waals surface area contributed by atoms with Gasteiger partial charge >= 0.3 is 0 Å². The fourth-order valence-corrected chi connectivity index (χ4v) is 2.93. The zero-order valence-electron chi connectivity index (χ0n) is 11.4. The van der Waals surface area contributed by atoms with E-state index in [0.29, 0.717) is 19.0 Å². The molecule has 0 aromatic heterocycles. The van der Waals surface area contributed by atoms with Crippen LogP contribution in [0.3, 0.4) is 0 Å². The highest BCUT2D eigenvalue weighted by molar-refractivity contribution is 7.92. The van der Waals surface area contributed by atoms with Gasteiger partial charge in [0.05, 0.1) is 18.6 Å². The van der Waals surface area contributed by atoms with Crippen molar-refractivity contribution in [3.05, 3.63) is 24.0 Å². The van der Waals surface area contributed by atoms with Gasteiger partial charge in [-0.25, -0.2) is 12.8 Å². The number of halogens is 1. The Balaban J connectivity index is 1.84. The van der Waals surface area contributed by atoms with Gasteiger partial charge in [0.1, 0.15) is 0 Å². The molecule has 1 saturated carbocycles. The monoisotopic (exact) mass is 302 g/mol. The Kier molecular flexibility index (Phi) is 4.82. The lowest BCUT2D eigenvalue weighted by molar-refractivity contribution is 0.386. The van der Waals surface area contributed by atoms with Crippen LogP contribution in [0.25, 0.3) is 0 Å². The van der Waals surface area contributed by atoms with Crippen molar-refractivity contribution in [3.63, 3.8) is 0 Å². The third-order valence-corrected chi connectivity index (χ3v) is 4.40. The Labute approximate surface area is 118 Å². The molecule has 20 heavy (non-hydrogen) atoms. The zero-order chi connectivity index (χ0) is 14.6. The van der Waals surface area contributed by atoms with Crippen molar-refractivity contribution in [1.29, 1.82) is 0 Å². The average molecular weight is 302 g/mol. The lowest BCUT2D eigenvalue weighted by atomic mass is 10.3. The molecular formula is C13H19FN2O3S. The summed E-state index contributed by atoms with van der Waals surface area (Å²) in [6.45, 7) is 0.683. The van der Waals surface area contributed by atoms with Crippen molar-refractivity contribution < 1.29 is 17.5 Å². The van der Waals surface area contributed by atoms with E-state index in [-0.39, 0.29) is 17.2 Å². The quantitative estimate of drug-likeness (QED) is 0.718. The van der Waals surface area contributed by atoms with E-state index in [1.807, 2.05) is 0 Å². The van der Waals surface area contributed by atoms with Crippen LogP contribution in [0.4, 0.5) is 10.1 Å². The van der Waals surface area contributed by atoms with Gasteiger partial charge in [-0.1, -0.05) is 0 Å². The number of hydrogen-bond donors (Lipinski definition) is 2. The summed E-state index contributed by atoms with van der Waals surface area (Å²) in [5.41, 5.74) is 0.207. The summed E-state index contributed by atoms with van der Waals surface area (Å²) in [7, 11) is -2.09. The van der Waals surface area contributed by atoms with Gasteiger partial charge in [-0.2, -0.15) is 0 Å². The number of rotatable bonds is 8. The Morgan fingerprint density at radius 2 is 2.15 bits per heavy atom. The van der Waals surface area contributed by atoms with Gasteiger partial charge in [-0.15, -0.1) is 0 Å². The van der Waals surface area contributed by atoms with Gasteiger partial charge < -0.3 is 10.1 Å². The summed E-state index contributed by atoms with van der Waals surface area (Å²) in [6.07, 6.45) is 2.89. The molecule has 2 rings (SSSR count). The SMILES string of the molecule is COc1ccc(NS(=O)(=O)CCCNC2CC2)cc1F. The van der Waals surface area contributed by atoms with Gasteiger partial charge in [0.15, 0.2) is 11.6 Å². The van der Waals surface area contributed by atoms with Crippen LogP contribution in [0.2, 0.25) is 0 Å². The molecule has 0 amide bonds. The Hall–Kier alpha value is -1.34. The number of anilines is 1. The predicted octanol–water partition coefficient (Wildman–Crippen LogP) is 1.72. The third-order valence-electron chi connectivity index (χ3n) is 3.03. The number of ether oxygens (including phenoxy) is 1. The average Bonchev–Trinajstić information content (AvgIpc) is 3.18. The second-order valence-corrected chi connectivity index (χ2v) is 6.69. The van der Waals surface area contributed by atoms with Crippen molar-refractivity contribution in [2.45, 2.75) is 25.3 Å². The molecule has 0 spiro atoms. The summed E-state index contributed by atoms with van der Waals surface area (Å²) < 4.78 is 44.3. The Bertz CT molecular complexity index is 559. The van der Waals surface area contributed by atoms with Crippen molar-refractivity contribution in [1.82, 2.24) is 5.32 Å². The lowest BCUT2D eigenvalue weighted by Gasteiger charge is -2.09. The fourth-order valence-electron chi connectivity index (χ4n) is 1.82. The van der Waals surface area contributed by atoms with E-state index < -0.39 is 15.8 Å². The Morgan fingerprint density at radius 1 is 1.40 bits per heavy atom. The molecule has 0 radical (unpaired) electrons. The summed E-state index contributed by atoms with van der Waals surface area (Å²) in [5, 5.41) is 3.25. The first-order valence-electron chi connectivity index (χ1n) is 6.57. The standard InChI is InChI=1S/C13H19FN2O3S/c1-19-13-6-5-11(9-12(13)14)16-20(17,18)8-2-7-15-10-3-4-10/h5-6,9-10,15-16H,2-4,7-8H2,1H3. The maximum Gasteiger partial charge on any atom is 0.232 e. The van der Waals surface area contributed by atoms with E-state index in [9.17, 15) is 12.8 Å². The molecule has 1 aromatic rings. The molecule has 7 heteroatoms. The summed E-state index contributed by atoms with van der Waals surface area (Å²) in [5.74, 6) is -0.495. The minimum atomic E-state index is -3.45. The number of benzene rings is 1. The van der Waals surface area contributed by atoms with Crippen molar-refractivity contribution >= 4 is 15.7 Å². The lowest BCUT2D eigenvalue weighted by Crippen LogP contribution is -2.23. The van der Waals surface area contributed by atoms with Gasteiger partial charge in [-0.3, -0.25) is 4.72 Å². The largest absolute Gasteiger partial charge is 0.494 e. The molecule has 0 heterocycles. The van der Waals surface area contributed by atoms with E-state index in [1.54, 1.807) is 0 Å². The molecule has 2 N–H and O–H groups in total. The highest BCUT2D eigenvalue weighted by atomic mass is 32.2. The molecule has 1 aliphatic carbocycles. The van der Waals surface area contributed by atoms with Crippen molar-refractivity contribution in [2.24, 2.45) is 0 Å². The smallest absolute Gasteiger partial charge is 0.232 e. The van der Waals surface area contributed by atoms with Gasteiger partial charge in [-0.05, 0) is 37.9 Å². The third kappa shape index (κ3) is 4.64. The van der Waals surface area contributed by atoms with Crippen LogP contribution in [0, 0.1) is 5.82 Å². The first-order chi connectivity index (χ1) is 9.50. The molecule has 1 fully saturated rings. The number of hydrogen-bond acceptors (Lipinski definition) is 4. The molecule has 0 atom stereocenters. The Morgan fingerprint density at radius 3 is 2.75 bits per heavy atom. The molecule has 1 aliphatic rings. The zero-order valence-corrected chi connectivity index (χ0v) is 12.2. The predicted molar refractivity (Wildman–Crippen MR) is 76.0 cm³/mol. The minimum absolute atomic E-state index is 0.0143. The highest BCUT2D eigenvalue weighted by Gasteiger charge is 2.20. The van der Waals surface area contributed by atoms with E-state index in [1.165, 1.54) is 32.1 Å². The van der Waals surface area contributed by atoms with E-state index in [0.717, 1.165) is 6.07 Å². The van der Waals surface area contributed by atoms with E-state index in [2.05, 4.69) is 10.0 Å². The molecule has 0 aliphatic heterocycles. The van der Waals surface area contributed by atoms with Gasteiger partial charge in [0.25, 0.3) is 0 Å². The van der Waals surface area contributed by atoms with E-state index >= 15 is 0 Å². The number of nitrogens with one attached hydrogen (secondary N) is 2. The molecule has 5 nitrogen and oxygen atoms in total. The van der Waals surface area contributed by atoms with Crippen molar-refractivity contribution in [3.8, 4) is 5.75 Å². The van der Waals surface area contributed by atoms with Crippen LogP contribution in [0.1, 0.15) is 19.3 Å². The maximum atomic E-state index is 13.5. The normalized spacial score (nSPS) is 15.1. The highest BCUT2D eigenvalue weighted by Crippen LogP contribution is 2.21. The number of methoxy groups -OCH3 is 1. The second-order valence-electron chi connectivity index (χ2n) is 4.85. The van der Waals surface area contributed by atoms with Crippen LogP contribution in [-0.2, 0) is 10.0 Å². The maximum absolute atomic E-state index is 13.5. The topological polar surface area (TPSA) is 67.4 Å². The molecule has 0 unspecified atom stereocenters. The van der Waals surface area contributed by atoms with Gasteiger partial charge in [0, 0.05) is 12.1 Å². The summed E-state index contributed by atoms with van der Waals surface area (Å²) in [4.78, 5) is 0. The molecule has 0 bridgehead atoms. The minimum Gasteiger partial charge on any atom is -0.494 e. The first kappa shape index (κ1) is 15.1. The van der Waals surface area contributed by atoms with Crippen LogP contribution in [-0.4, -0.2) is 33.9 Å². The van der Waals surface area contributed by atoms with Crippen LogP contribution >= 0.6 is 0 Å². The molecular weight excluding hydrogens is 283 g/mol. The fraction of sp³-hybridized carbons (Fsp3) is 0.538. The summed E-state index contributed by atoms with van der Waals surface area (Å²) in [6, 6.07) is 4.55. The van der Waals surface area contributed by atoms with Crippen LogP contribution < -0.4 is 14.8 Å².